The Hall–Kier alpha value is -2.43. The summed E-state index contributed by atoms with van der Waals surface area (Å²) >= 11 is 0. The van der Waals surface area contributed by atoms with Crippen molar-refractivity contribution in [2.24, 2.45) is 5.92 Å². The third-order valence-electron chi connectivity index (χ3n) is 7.86. The van der Waals surface area contributed by atoms with Crippen LogP contribution in [0.15, 0.2) is 30.5 Å². The molecule has 6 rings (SSSR count). The zero-order valence-corrected chi connectivity index (χ0v) is 22.2. The first kappa shape index (κ1) is 24.9. The molecule has 37 heavy (non-hydrogen) atoms. The molecule has 2 aromatic rings. The molecule has 10 heteroatoms. The normalized spacial score (nSPS) is 27.0. The fraction of sp³-hybridized carbons (Fsp3) is 0.630. The average molecular weight is 529 g/mol. The highest BCUT2D eigenvalue weighted by Crippen LogP contribution is 2.36. The zero-order valence-electron chi connectivity index (χ0n) is 21.3. The lowest BCUT2D eigenvalue weighted by Gasteiger charge is -2.38. The van der Waals surface area contributed by atoms with Gasteiger partial charge in [0.2, 0.25) is 21.9 Å². The maximum absolute atomic E-state index is 12.5. The molecule has 0 spiro atoms. The number of aromatic nitrogens is 2. The van der Waals surface area contributed by atoms with Gasteiger partial charge < -0.3 is 19.5 Å². The second-order valence-electron chi connectivity index (χ2n) is 10.9. The fourth-order valence-corrected chi connectivity index (χ4v) is 7.14. The van der Waals surface area contributed by atoms with Gasteiger partial charge in [-0.05, 0) is 62.1 Å². The van der Waals surface area contributed by atoms with Crippen molar-refractivity contribution in [1.82, 2.24) is 14.3 Å². The highest BCUT2D eigenvalue weighted by atomic mass is 32.2. The summed E-state index contributed by atoms with van der Waals surface area (Å²) in [6, 6.07) is 8.21. The van der Waals surface area contributed by atoms with Gasteiger partial charge in [0.1, 0.15) is 18.0 Å². The first-order valence-corrected chi connectivity index (χ1v) is 15.1. The predicted octanol–water partition coefficient (Wildman–Crippen LogP) is 3.86. The summed E-state index contributed by atoms with van der Waals surface area (Å²) in [6.07, 6.45) is 8.71. The summed E-state index contributed by atoms with van der Waals surface area (Å²) in [5.74, 6) is 2.60. The van der Waals surface area contributed by atoms with Crippen molar-refractivity contribution in [3.8, 4) is 22.8 Å². The predicted molar refractivity (Wildman–Crippen MR) is 140 cm³/mol. The standard InChI is InChI=1S/C27H36N4O5S/c1-18-2-6-20(7-3-18)29-27-28-14-25(19-4-8-21(9-5-19)35-22-12-13-34-17-22)26(30-27)36-23-15-31(16-23)37(32,33)24-10-11-24/h4-5,8-9,14,18,20,22-24H,2-3,6-7,10-13,15-17H2,1H3,(H,28,29,30)/t18-,20-,22-/m0/s1. The van der Waals surface area contributed by atoms with Crippen LogP contribution in [0.1, 0.15) is 51.9 Å². The Morgan fingerprint density at radius 3 is 2.41 bits per heavy atom. The zero-order chi connectivity index (χ0) is 25.4. The molecule has 2 aliphatic heterocycles. The largest absolute Gasteiger partial charge is 0.488 e. The van der Waals surface area contributed by atoms with Crippen molar-refractivity contribution in [1.29, 1.82) is 0 Å². The Bertz CT molecular complexity index is 1180. The molecule has 1 atom stereocenters. The number of hydrogen-bond acceptors (Lipinski definition) is 8. The number of sulfonamides is 1. The first-order valence-electron chi connectivity index (χ1n) is 13.6. The van der Waals surface area contributed by atoms with E-state index in [1.807, 2.05) is 24.3 Å². The Balaban J connectivity index is 1.18. The molecule has 3 heterocycles. The molecular weight excluding hydrogens is 492 g/mol. The lowest BCUT2D eigenvalue weighted by atomic mass is 9.87. The minimum absolute atomic E-state index is 0.0923. The number of nitrogens with zero attached hydrogens (tertiary/aromatic N) is 3. The molecule has 2 saturated carbocycles. The van der Waals surface area contributed by atoms with E-state index in [0.29, 0.717) is 37.6 Å². The van der Waals surface area contributed by atoms with E-state index in [4.69, 9.17) is 19.2 Å². The number of benzene rings is 1. The number of hydrogen-bond donors (Lipinski definition) is 1. The topological polar surface area (TPSA) is 103 Å². The monoisotopic (exact) mass is 528 g/mol. The van der Waals surface area contributed by atoms with Gasteiger partial charge in [-0.25, -0.2) is 13.4 Å². The van der Waals surface area contributed by atoms with Crippen LogP contribution in [0.4, 0.5) is 5.95 Å². The quantitative estimate of drug-likeness (QED) is 0.524. The van der Waals surface area contributed by atoms with Crippen molar-refractivity contribution in [3.05, 3.63) is 30.5 Å². The van der Waals surface area contributed by atoms with Crippen molar-refractivity contribution >= 4 is 16.0 Å². The molecular formula is C27H36N4O5S. The Morgan fingerprint density at radius 2 is 1.73 bits per heavy atom. The van der Waals surface area contributed by atoms with E-state index in [-0.39, 0.29) is 17.5 Å². The van der Waals surface area contributed by atoms with Crippen molar-refractivity contribution < 1.29 is 22.6 Å². The van der Waals surface area contributed by atoms with Gasteiger partial charge in [-0.3, -0.25) is 0 Å². The van der Waals surface area contributed by atoms with Crippen LogP contribution < -0.4 is 14.8 Å². The summed E-state index contributed by atoms with van der Waals surface area (Å²) < 4.78 is 44.3. The van der Waals surface area contributed by atoms with Gasteiger partial charge in [0.05, 0.1) is 37.1 Å². The van der Waals surface area contributed by atoms with Crippen molar-refractivity contribution in [2.45, 2.75) is 75.4 Å². The van der Waals surface area contributed by atoms with Gasteiger partial charge in [0, 0.05) is 18.7 Å². The lowest BCUT2D eigenvalue weighted by molar-refractivity contribution is 0.0725. The summed E-state index contributed by atoms with van der Waals surface area (Å²) in [5.41, 5.74) is 1.70. The molecule has 1 N–H and O–H groups in total. The van der Waals surface area contributed by atoms with Gasteiger partial charge in [-0.2, -0.15) is 9.29 Å². The molecule has 2 saturated heterocycles. The second-order valence-corrected chi connectivity index (χ2v) is 13.2. The van der Waals surface area contributed by atoms with E-state index in [9.17, 15) is 8.42 Å². The van der Waals surface area contributed by atoms with E-state index in [1.54, 1.807) is 6.20 Å². The van der Waals surface area contributed by atoms with Crippen LogP contribution in [0.2, 0.25) is 0 Å². The number of ether oxygens (including phenoxy) is 3. The molecule has 0 radical (unpaired) electrons. The molecule has 0 bridgehead atoms. The number of rotatable bonds is 9. The van der Waals surface area contributed by atoms with Gasteiger partial charge in [0.15, 0.2) is 0 Å². The van der Waals surface area contributed by atoms with Gasteiger partial charge in [-0.1, -0.05) is 19.1 Å². The molecule has 200 valence electrons. The minimum atomic E-state index is -3.18. The molecule has 0 amide bonds. The van der Waals surface area contributed by atoms with Gasteiger partial charge in [0.25, 0.3) is 0 Å². The van der Waals surface area contributed by atoms with Gasteiger partial charge in [-0.15, -0.1) is 0 Å². The molecule has 1 aromatic heterocycles. The fourth-order valence-electron chi connectivity index (χ4n) is 5.24. The molecule has 1 aromatic carbocycles. The molecule has 4 aliphatic rings. The number of anilines is 1. The van der Waals surface area contributed by atoms with E-state index in [1.165, 1.54) is 17.1 Å². The maximum Gasteiger partial charge on any atom is 0.226 e. The van der Waals surface area contributed by atoms with Gasteiger partial charge >= 0.3 is 0 Å². The second kappa shape index (κ2) is 10.4. The average Bonchev–Trinajstić information content (AvgIpc) is 3.62. The maximum atomic E-state index is 12.5. The third kappa shape index (κ3) is 5.71. The van der Waals surface area contributed by atoms with E-state index in [2.05, 4.69) is 17.2 Å². The van der Waals surface area contributed by atoms with Crippen LogP contribution in [0.25, 0.3) is 11.1 Å². The SMILES string of the molecule is C[C@H]1CC[C@H](Nc2ncc(-c3ccc(O[C@H]4CCOC4)cc3)c(OC3CN(S(=O)(=O)C4CC4)C3)n2)CC1. The first-order chi connectivity index (χ1) is 17.9. The van der Waals surface area contributed by atoms with E-state index < -0.39 is 10.0 Å². The highest BCUT2D eigenvalue weighted by Gasteiger charge is 2.46. The Kier molecular flexibility index (Phi) is 6.98. The third-order valence-corrected chi connectivity index (χ3v) is 10.2. The smallest absolute Gasteiger partial charge is 0.226 e. The van der Waals surface area contributed by atoms with Crippen LogP contribution in [-0.4, -0.2) is 72.5 Å². The Morgan fingerprint density at radius 1 is 0.973 bits per heavy atom. The Labute approximate surface area is 219 Å². The van der Waals surface area contributed by atoms with Crippen molar-refractivity contribution in [2.75, 3.05) is 31.6 Å². The summed E-state index contributed by atoms with van der Waals surface area (Å²) in [4.78, 5) is 9.38. The molecule has 0 unspecified atom stereocenters. The van der Waals surface area contributed by atoms with E-state index >= 15 is 0 Å². The molecule has 4 fully saturated rings. The van der Waals surface area contributed by atoms with Crippen LogP contribution in [0.5, 0.6) is 11.6 Å². The minimum Gasteiger partial charge on any atom is -0.488 e. The van der Waals surface area contributed by atoms with Crippen molar-refractivity contribution in [3.63, 3.8) is 0 Å². The summed E-state index contributed by atoms with van der Waals surface area (Å²) in [6.45, 7) is 4.39. The molecule has 2 aliphatic carbocycles. The van der Waals surface area contributed by atoms with Crippen LogP contribution in [0.3, 0.4) is 0 Å². The lowest BCUT2D eigenvalue weighted by Crippen LogP contribution is -2.56. The number of nitrogens with one attached hydrogen (secondary N) is 1. The van der Waals surface area contributed by atoms with Crippen LogP contribution in [-0.2, 0) is 14.8 Å². The molecule has 9 nitrogen and oxygen atoms in total. The summed E-state index contributed by atoms with van der Waals surface area (Å²) in [5, 5.41) is 3.29. The highest BCUT2D eigenvalue weighted by molar-refractivity contribution is 7.90. The van der Waals surface area contributed by atoms with Crippen LogP contribution in [0, 0.1) is 5.92 Å². The summed E-state index contributed by atoms with van der Waals surface area (Å²) in [7, 11) is -3.18. The van der Waals surface area contributed by atoms with E-state index in [0.717, 1.165) is 61.5 Å². The van der Waals surface area contributed by atoms with Crippen LogP contribution >= 0.6 is 0 Å².